The summed E-state index contributed by atoms with van der Waals surface area (Å²) in [6.07, 6.45) is 34.0. The van der Waals surface area contributed by atoms with Crippen LogP contribution in [0.1, 0.15) is 47.9 Å². The Hall–Kier alpha value is -1.79. The fourth-order valence-electron chi connectivity index (χ4n) is 4.88. The number of benzene rings is 4. The van der Waals surface area contributed by atoms with E-state index >= 15 is 0 Å². The average Bonchev–Trinajstić information content (AvgIpc) is 4.03. The topological polar surface area (TPSA) is 0 Å². The predicted molar refractivity (Wildman–Crippen MR) is 225 cm³/mol. The summed E-state index contributed by atoms with van der Waals surface area (Å²) in [7, 11) is 0. The number of allylic oxidation sites excluding steroid dienone is 16. The minimum absolute atomic E-state index is 0. The Morgan fingerprint density at radius 1 is 0.333 bits per heavy atom. The van der Waals surface area contributed by atoms with Gasteiger partial charge in [0, 0.05) is 51.7 Å². The fourth-order valence-corrected chi connectivity index (χ4v) is 4.88. The Kier molecular flexibility index (Phi) is 35.8. The van der Waals surface area contributed by atoms with Crippen LogP contribution in [-0.2, 0) is 51.7 Å². The van der Waals surface area contributed by atoms with E-state index in [1.54, 1.807) is 0 Å². The van der Waals surface area contributed by atoms with Crippen LogP contribution < -0.4 is 24.8 Å². The second-order valence-corrected chi connectivity index (χ2v) is 16.3. The summed E-state index contributed by atoms with van der Waals surface area (Å²) < 4.78 is 0. The molecule has 4 aromatic rings. The molecular weight excluding hydrogens is 1150 g/mol. The van der Waals surface area contributed by atoms with Crippen molar-refractivity contribution < 1.29 is 76.5 Å². The molecule has 4 aliphatic carbocycles. The van der Waals surface area contributed by atoms with E-state index in [2.05, 4.69) is 193 Å². The maximum Gasteiger partial charge on any atom is 0 e. The SMILES string of the molecule is [C-]1=C(c2ccccc2)C=CC1.[C-]1=C(c2ccccc2)C=CC1.[C-]1=C(c2ccccc2)C=CC1.[C-]1=C(c2ccccc2)C=CC1.[CH3][GeH][CH3].[CH3][GeH][CH3].[Cl-].[Cl-].[Hf].[Hf]. The zero-order chi connectivity index (χ0) is 35.5. The molecule has 0 unspecified atom stereocenters. The monoisotopic (exact) mass is 1200 g/mol. The fraction of sp³-hybridized carbons (Fsp3) is 0.167. The quantitative estimate of drug-likeness (QED) is 0.165. The van der Waals surface area contributed by atoms with Crippen molar-refractivity contribution in [2.75, 3.05) is 0 Å². The van der Waals surface area contributed by atoms with Gasteiger partial charge in [-0.2, -0.15) is 70.9 Å². The van der Waals surface area contributed by atoms with Crippen LogP contribution in [0.25, 0.3) is 22.3 Å². The summed E-state index contributed by atoms with van der Waals surface area (Å²) in [5, 5.41) is 0. The molecule has 0 aromatic heterocycles. The van der Waals surface area contributed by atoms with Crippen LogP contribution in [0, 0.1) is 24.3 Å². The first-order valence-corrected chi connectivity index (χ1v) is 27.2. The molecule has 0 nitrogen and oxygen atoms in total. The number of rotatable bonds is 4. The minimum atomic E-state index is 0. The van der Waals surface area contributed by atoms with Gasteiger partial charge in [0.1, 0.15) is 0 Å². The standard InChI is InChI=1S/4C11H9.2C2H7Ge.2ClH.2Hf/c4*1-2-6-10(7-3-1)11-8-4-5-9-11;2*1-3-2;;;;/h4*1-4,6-8H,5H2;2*3H,1-2H3;2*1H;;/q4*-1;;;;;;/p-2. The molecule has 0 heterocycles. The van der Waals surface area contributed by atoms with E-state index in [1.165, 1.54) is 44.5 Å². The van der Waals surface area contributed by atoms with E-state index in [0.717, 1.165) is 25.7 Å². The molecule has 0 bridgehead atoms. The van der Waals surface area contributed by atoms with Crippen molar-refractivity contribution in [3.8, 4) is 0 Å². The Bertz CT molecular complexity index is 1490. The summed E-state index contributed by atoms with van der Waals surface area (Å²) in [6.45, 7) is 0. The van der Waals surface area contributed by atoms with Gasteiger partial charge in [-0.3, -0.25) is 0 Å². The first kappa shape index (κ1) is 54.3. The molecule has 2 radical (unpaired) electrons. The van der Waals surface area contributed by atoms with Crippen LogP contribution in [0.2, 0.25) is 23.0 Å². The van der Waals surface area contributed by atoms with Crippen LogP contribution in [0.5, 0.6) is 0 Å². The molecular formula is C48H50Cl2Ge2Hf2-6. The Morgan fingerprint density at radius 3 is 0.630 bits per heavy atom. The summed E-state index contributed by atoms with van der Waals surface area (Å²) in [5.74, 6) is 9.12. The van der Waals surface area contributed by atoms with Crippen molar-refractivity contribution in [1.29, 1.82) is 0 Å². The Morgan fingerprint density at radius 2 is 0.500 bits per heavy atom. The molecule has 0 saturated carbocycles. The van der Waals surface area contributed by atoms with Gasteiger partial charge in [0.2, 0.25) is 0 Å². The molecule has 0 spiro atoms. The molecule has 278 valence electrons. The normalized spacial score (nSPS) is 13.0. The second-order valence-electron chi connectivity index (χ2n) is 11.4. The van der Waals surface area contributed by atoms with Crippen LogP contribution in [0.4, 0.5) is 0 Å². The van der Waals surface area contributed by atoms with E-state index in [-0.39, 0.29) is 76.5 Å². The molecule has 0 fully saturated rings. The van der Waals surface area contributed by atoms with Crippen molar-refractivity contribution in [2.45, 2.75) is 48.7 Å². The van der Waals surface area contributed by atoms with Crippen LogP contribution in [0.15, 0.2) is 170 Å². The molecule has 0 amide bonds. The third-order valence-electron chi connectivity index (χ3n) is 7.12. The van der Waals surface area contributed by atoms with Gasteiger partial charge in [-0.15, -0.1) is 95.1 Å². The third kappa shape index (κ3) is 22.1. The van der Waals surface area contributed by atoms with E-state index in [9.17, 15) is 0 Å². The summed E-state index contributed by atoms with van der Waals surface area (Å²) in [4.78, 5) is 0. The van der Waals surface area contributed by atoms with Crippen molar-refractivity contribution in [3.05, 3.63) is 216 Å². The van der Waals surface area contributed by atoms with Crippen molar-refractivity contribution in [1.82, 2.24) is 0 Å². The van der Waals surface area contributed by atoms with Crippen LogP contribution in [-0.4, -0.2) is 30.9 Å². The average molecular weight is 1200 g/mol. The van der Waals surface area contributed by atoms with E-state index in [1.807, 2.05) is 24.3 Å². The van der Waals surface area contributed by atoms with Gasteiger partial charge in [0.25, 0.3) is 0 Å². The molecule has 0 atom stereocenters. The van der Waals surface area contributed by atoms with Gasteiger partial charge < -0.3 is 24.8 Å². The van der Waals surface area contributed by atoms with Gasteiger partial charge in [0.05, 0.1) is 0 Å². The molecule has 4 aromatic carbocycles. The smallest absolute Gasteiger partial charge is 0 e. The summed E-state index contributed by atoms with van der Waals surface area (Å²) >= 11 is 0.625. The molecule has 0 N–H and O–H groups in total. The summed E-state index contributed by atoms with van der Waals surface area (Å²) in [6, 6.07) is 41.4. The maximum absolute atomic E-state index is 3.28. The zero-order valence-corrected chi connectivity index (χ0v) is 45.4. The largest absolute Gasteiger partial charge is 1.00 e. The Balaban J connectivity index is 0. The van der Waals surface area contributed by atoms with E-state index in [0.29, 0.717) is 30.9 Å². The number of hydrogen-bond acceptors (Lipinski definition) is 0. The number of halogens is 2. The van der Waals surface area contributed by atoms with Crippen LogP contribution in [0.3, 0.4) is 0 Å². The number of hydrogen-bond donors (Lipinski definition) is 0. The van der Waals surface area contributed by atoms with Gasteiger partial charge in [-0.1, -0.05) is 98.5 Å². The first-order valence-electron chi connectivity index (χ1n) is 17.5. The minimum Gasteiger partial charge on any atom is -1.00 e. The van der Waals surface area contributed by atoms with Gasteiger partial charge in [0.15, 0.2) is 0 Å². The van der Waals surface area contributed by atoms with E-state index < -0.39 is 0 Å². The molecule has 8 rings (SSSR count). The van der Waals surface area contributed by atoms with Crippen molar-refractivity contribution in [3.63, 3.8) is 0 Å². The van der Waals surface area contributed by atoms with Gasteiger partial charge in [-0.25, -0.2) is 0 Å². The van der Waals surface area contributed by atoms with Gasteiger partial charge >= 0.3 is 53.9 Å². The maximum atomic E-state index is 3.28. The Labute approximate surface area is 390 Å². The molecule has 6 heteroatoms. The molecule has 0 aliphatic heterocycles. The molecule has 54 heavy (non-hydrogen) atoms. The first-order chi connectivity index (χ1) is 24.7. The van der Waals surface area contributed by atoms with Gasteiger partial charge in [-0.05, 0) is 0 Å². The van der Waals surface area contributed by atoms with E-state index in [4.69, 9.17) is 0 Å². The zero-order valence-electron chi connectivity index (χ0n) is 31.9. The molecule has 0 saturated heterocycles. The summed E-state index contributed by atoms with van der Waals surface area (Å²) in [5.41, 5.74) is 9.97. The van der Waals surface area contributed by atoms with Crippen molar-refractivity contribution >= 4 is 53.2 Å². The van der Waals surface area contributed by atoms with Crippen LogP contribution >= 0.6 is 0 Å². The second kappa shape index (κ2) is 35.6. The van der Waals surface area contributed by atoms with Crippen molar-refractivity contribution in [2.24, 2.45) is 0 Å². The third-order valence-corrected chi connectivity index (χ3v) is 7.12. The molecule has 4 aliphatic rings. The predicted octanol–water partition coefficient (Wildman–Crippen LogP) is 6.37.